The lowest BCUT2D eigenvalue weighted by Gasteiger charge is -2.08. The Balaban J connectivity index is 1.56. The molecular formula is C20H20N8O4S. The van der Waals surface area contributed by atoms with E-state index in [1.807, 2.05) is 23.6 Å². The summed E-state index contributed by atoms with van der Waals surface area (Å²) in [5, 5.41) is 23.1. The van der Waals surface area contributed by atoms with Gasteiger partial charge in [0.15, 0.2) is 11.0 Å². The number of rotatable bonds is 7. The highest BCUT2D eigenvalue weighted by molar-refractivity contribution is 7.99. The van der Waals surface area contributed by atoms with Gasteiger partial charge < -0.3 is 9.88 Å². The Bertz CT molecular complexity index is 1420. The van der Waals surface area contributed by atoms with Crippen LogP contribution in [0.5, 0.6) is 0 Å². The number of amides is 1. The zero-order chi connectivity index (χ0) is 23.7. The van der Waals surface area contributed by atoms with E-state index in [9.17, 15) is 19.7 Å². The number of imidazole rings is 1. The third-order valence-corrected chi connectivity index (χ3v) is 6.13. The van der Waals surface area contributed by atoms with Crippen LogP contribution in [-0.2, 0) is 25.4 Å². The van der Waals surface area contributed by atoms with Crippen molar-refractivity contribution < 1.29 is 9.72 Å². The minimum absolute atomic E-state index is 0.0220. The molecule has 1 N–H and O–H groups in total. The maximum atomic E-state index is 12.6. The number of nitro groups is 1. The number of nitrogens with one attached hydrogen (secondary N) is 1. The fourth-order valence-electron chi connectivity index (χ4n) is 3.50. The Hall–Kier alpha value is -4.00. The van der Waals surface area contributed by atoms with Gasteiger partial charge in [0.1, 0.15) is 5.69 Å². The number of benzene rings is 1. The summed E-state index contributed by atoms with van der Waals surface area (Å²) in [5.74, 6) is 0.186. The summed E-state index contributed by atoms with van der Waals surface area (Å²) >= 11 is 1.17. The zero-order valence-electron chi connectivity index (χ0n) is 18.1. The fraction of sp³-hybridized carbons (Fsp3) is 0.250. The van der Waals surface area contributed by atoms with Gasteiger partial charge in [0.05, 0.1) is 21.7 Å². The van der Waals surface area contributed by atoms with E-state index in [1.165, 1.54) is 40.1 Å². The Morgan fingerprint density at radius 1 is 1.15 bits per heavy atom. The number of aryl methyl sites for hydroxylation is 2. The van der Waals surface area contributed by atoms with Gasteiger partial charge in [-0.05, 0) is 25.1 Å². The van der Waals surface area contributed by atoms with Crippen LogP contribution in [0.3, 0.4) is 0 Å². The van der Waals surface area contributed by atoms with Crippen LogP contribution < -0.4 is 11.0 Å². The number of carbonyl (C=O) groups is 1. The van der Waals surface area contributed by atoms with E-state index in [0.29, 0.717) is 28.6 Å². The minimum Gasteiger partial charge on any atom is -0.320 e. The summed E-state index contributed by atoms with van der Waals surface area (Å²) in [6.45, 7) is 2.54. The van der Waals surface area contributed by atoms with E-state index in [-0.39, 0.29) is 22.8 Å². The lowest BCUT2D eigenvalue weighted by molar-refractivity contribution is -0.383. The molecule has 4 aromatic rings. The second-order valence-electron chi connectivity index (χ2n) is 7.14. The first kappa shape index (κ1) is 22.2. The van der Waals surface area contributed by atoms with Gasteiger partial charge in [0, 0.05) is 44.7 Å². The van der Waals surface area contributed by atoms with Crippen molar-refractivity contribution in [3.05, 3.63) is 57.3 Å². The SMILES string of the molecule is CCn1c(SCC(=O)Nc2cc3c(cc2[N+](=O)[O-])n(C)c(=O)n3C)nnc1-c1ccncc1. The molecule has 33 heavy (non-hydrogen) atoms. The molecule has 13 heteroatoms. The molecule has 0 saturated carbocycles. The van der Waals surface area contributed by atoms with Gasteiger partial charge in [-0.2, -0.15) is 0 Å². The molecule has 4 rings (SSSR count). The summed E-state index contributed by atoms with van der Waals surface area (Å²) in [6.07, 6.45) is 3.33. The third kappa shape index (κ3) is 4.09. The van der Waals surface area contributed by atoms with E-state index in [1.54, 1.807) is 19.4 Å². The minimum atomic E-state index is -0.589. The first-order valence-electron chi connectivity index (χ1n) is 9.92. The monoisotopic (exact) mass is 468 g/mol. The molecule has 170 valence electrons. The van der Waals surface area contributed by atoms with Gasteiger partial charge in [0.25, 0.3) is 5.69 Å². The number of aromatic nitrogens is 6. The van der Waals surface area contributed by atoms with Gasteiger partial charge in [0.2, 0.25) is 5.91 Å². The van der Waals surface area contributed by atoms with Crippen molar-refractivity contribution in [3.8, 4) is 11.4 Å². The first-order chi connectivity index (χ1) is 15.8. The number of anilines is 1. The molecule has 3 heterocycles. The van der Waals surface area contributed by atoms with Crippen molar-refractivity contribution in [1.82, 2.24) is 28.9 Å². The summed E-state index contributed by atoms with van der Waals surface area (Å²) < 4.78 is 4.57. The molecule has 1 aromatic carbocycles. The average molecular weight is 468 g/mol. The van der Waals surface area contributed by atoms with Crippen molar-refractivity contribution >= 4 is 40.1 Å². The molecule has 0 saturated heterocycles. The Morgan fingerprint density at radius 2 is 1.82 bits per heavy atom. The fourth-order valence-corrected chi connectivity index (χ4v) is 4.30. The van der Waals surface area contributed by atoms with Crippen molar-refractivity contribution in [1.29, 1.82) is 0 Å². The second-order valence-corrected chi connectivity index (χ2v) is 8.08. The highest BCUT2D eigenvalue weighted by atomic mass is 32.2. The molecule has 1 amide bonds. The maximum absolute atomic E-state index is 12.6. The topological polar surface area (TPSA) is 143 Å². The van der Waals surface area contributed by atoms with E-state index in [0.717, 1.165) is 5.56 Å². The average Bonchev–Trinajstić information content (AvgIpc) is 3.32. The van der Waals surface area contributed by atoms with Crippen LogP contribution in [0.15, 0.2) is 46.6 Å². The largest absolute Gasteiger partial charge is 0.328 e. The predicted octanol–water partition coefficient (Wildman–Crippen LogP) is 2.19. The molecule has 0 fully saturated rings. The van der Waals surface area contributed by atoms with Crippen LogP contribution in [0, 0.1) is 10.1 Å². The number of thioether (sulfide) groups is 1. The zero-order valence-corrected chi connectivity index (χ0v) is 18.9. The second kappa shape index (κ2) is 8.86. The summed E-state index contributed by atoms with van der Waals surface area (Å²) in [7, 11) is 3.10. The smallest absolute Gasteiger partial charge is 0.320 e. The molecule has 12 nitrogen and oxygen atoms in total. The summed E-state index contributed by atoms with van der Waals surface area (Å²) in [6, 6.07) is 6.37. The molecule has 0 atom stereocenters. The van der Waals surface area contributed by atoms with Crippen LogP contribution in [0.1, 0.15) is 6.92 Å². The summed E-state index contributed by atoms with van der Waals surface area (Å²) in [4.78, 5) is 39.8. The van der Waals surface area contributed by atoms with Crippen LogP contribution in [0.2, 0.25) is 0 Å². The molecule has 0 bridgehead atoms. The van der Waals surface area contributed by atoms with Gasteiger partial charge in [-0.3, -0.25) is 29.0 Å². The Kier molecular flexibility index (Phi) is 5.96. The van der Waals surface area contributed by atoms with Crippen LogP contribution in [-0.4, -0.2) is 45.5 Å². The molecule has 0 radical (unpaired) electrons. The molecule has 3 aromatic heterocycles. The van der Waals surface area contributed by atoms with Crippen molar-refractivity contribution in [3.63, 3.8) is 0 Å². The van der Waals surface area contributed by atoms with E-state index in [4.69, 9.17) is 0 Å². The number of fused-ring (bicyclic) bond motifs is 1. The Labute approximate surface area is 191 Å². The lowest BCUT2D eigenvalue weighted by Crippen LogP contribution is -2.19. The van der Waals surface area contributed by atoms with Gasteiger partial charge in [-0.15, -0.1) is 10.2 Å². The first-order valence-corrected chi connectivity index (χ1v) is 10.9. The quantitative estimate of drug-likeness (QED) is 0.247. The van der Waals surface area contributed by atoms with Crippen LogP contribution in [0.4, 0.5) is 11.4 Å². The highest BCUT2D eigenvalue weighted by Gasteiger charge is 2.22. The number of carbonyl (C=O) groups excluding carboxylic acids is 1. The predicted molar refractivity (Wildman–Crippen MR) is 123 cm³/mol. The number of hydrogen-bond acceptors (Lipinski definition) is 8. The lowest BCUT2D eigenvalue weighted by atomic mass is 10.2. The van der Waals surface area contributed by atoms with Gasteiger partial charge in [-0.1, -0.05) is 11.8 Å². The number of nitro benzene ring substituents is 1. The number of pyridine rings is 1. The molecule has 0 unspecified atom stereocenters. The van der Waals surface area contributed by atoms with E-state index < -0.39 is 10.8 Å². The highest BCUT2D eigenvalue weighted by Crippen LogP contribution is 2.30. The van der Waals surface area contributed by atoms with Crippen LogP contribution in [0.25, 0.3) is 22.4 Å². The number of nitrogens with zero attached hydrogens (tertiary/aromatic N) is 7. The third-order valence-electron chi connectivity index (χ3n) is 5.16. The molecular weight excluding hydrogens is 448 g/mol. The van der Waals surface area contributed by atoms with Crippen molar-refractivity contribution in [2.24, 2.45) is 14.1 Å². The molecule has 0 aliphatic heterocycles. The van der Waals surface area contributed by atoms with Crippen molar-refractivity contribution in [2.75, 3.05) is 11.1 Å². The van der Waals surface area contributed by atoms with Crippen LogP contribution >= 0.6 is 11.8 Å². The van der Waals surface area contributed by atoms with Crippen molar-refractivity contribution in [2.45, 2.75) is 18.6 Å². The molecule has 0 aliphatic carbocycles. The normalized spacial score (nSPS) is 11.1. The maximum Gasteiger partial charge on any atom is 0.328 e. The summed E-state index contributed by atoms with van der Waals surface area (Å²) in [5.41, 5.74) is 1.15. The molecule has 0 spiro atoms. The molecule has 0 aliphatic rings. The Morgan fingerprint density at radius 3 is 2.45 bits per heavy atom. The standard InChI is InChI=1S/C20H20N8O4S/c1-4-27-18(12-5-7-21-8-6-12)23-24-19(27)33-11-17(29)22-13-9-15-16(10-14(13)28(31)32)26(3)20(30)25(15)2/h5-10H,4,11H2,1-3H3,(H,22,29). The van der Waals surface area contributed by atoms with Gasteiger partial charge in [-0.25, -0.2) is 4.79 Å². The number of hydrogen-bond donors (Lipinski definition) is 1. The van der Waals surface area contributed by atoms with Gasteiger partial charge >= 0.3 is 5.69 Å². The van der Waals surface area contributed by atoms with E-state index >= 15 is 0 Å². The van der Waals surface area contributed by atoms with E-state index in [2.05, 4.69) is 20.5 Å².